The van der Waals surface area contributed by atoms with Crippen molar-refractivity contribution in [3.63, 3.8) is 0 Å². The minimum absolute atomic E-state index is 0.356. The Kier molecular flexibility index (Phi) is 1.14. The summed E-state index contributed by atoms with van der Waals surface area (Å²) in [6.07, 6.45) is 5.50. The van der Waals surface area contributed by atoms with Crippen LogP contribution in [0.1, 0.15) is 0 Å². The Hall–Kier alpha value is -1.02. The summed E-state index contributed by atoms with van der Waals surface area (Å²) in [5.41, 5.74) is 2.41. The van der Waals surface area contributed by atoms with E-state index in [1.807, 2.05) is 12.5 Å². The first-order valence-corrected chi connectivity index (χ1v) is 3.25. The smallest absolute Gasteiger partial charge is 0.116 e. The average Bonchev–Trinajstić information content (AvgIpc) is 2.36. The van der Waals surface area contributed by atoms with Crippen LogP contribution < -0.4 is 0 Å². The van der Waals surface area contributed by atoms with Crippen LogP contribution in [-0.2, 0) is 4.74 Å². The van der Waals surface area contributed by atoms with Gasteiger partial charge in [-0.15, -0.1) is 0 Å². The Bertz CT molecular complexity index is 238. The zero-order valence-electron chi connectivity index (χ0n) is 5.50. The van der Waals surface area contributed by atoms with E-state index in [0.29, 0.717) is 18.9 Å². The van der Waals surface area contributed by atoms with E-state index in [1.54, 1.807) is 6.08 Å². The molecule has 50 valence electrons. The highest BCUT2D eigenvalue weighted by molar-refractivity contribution is 6.12. The summed E-state index contributed by atoms with van der Waals surface area (Å²) in [6.45, 7) is 1.20. The molecule has 0 unspecified atom stereocenters. The molecule has 0 spiro atoms. The first kappa shape index (κ1) is 5.74. The lowest BCUT2D eigenvalue weighted by molar-refractivity contribution is 0.207. The Morgan fingerprint density at radius 3 is 3.20 bits per heavy atom. The van der Waals surface area contributed by atoms with Crippen molar-refractivity contribution in [1.29, 1.82) is 0 Å². The number of allylic oxidation sites excluding steroid dienone is 2. The number of rotatable bonds is 0. The van der Waals surface area contributed by atoms with Crippen molar-refractivity contribution >= 4 is 5.71 Å². The van der Waals surface area contributed by atoms with Crippen molar-refractivity contribution in [2.45, 2.75) is 0 Å². The molecule has 1 heterocycles. The molecule has 0 saturated heterocycles. The van der Waals surface area contributed by atoms with E-state index in [-0.39, 0.29) is 0 Å². The summed E-state index contributed by atoms with van der Waals surface area (Å²) in [4.78, 5) is 0. The van der Waals surface area contributed by atoms with Crippen molar-refractivity contribution in [1.82, 2.24) is 0 Å². The standard InChI is InChI=1S/C8H7NO/c9-8-3-1-2-6-4-10-5-7(6)8/h1-3H,4-5H2. The Morgan fingerprint density at radius 2 is 2.40 bits per heavy atom. The molecule has 2 aliphatic rings. The van der Waals surface area contributed by atoms with Gasteiger partial charge in [0.2, 0.25) is 0 Å². The van der Waals surface area contributed by atoms with Gasteiger partial charge in [0, 0.05) is 18.6 Å². The Labute approximate surface area is 59.7 Å². The van der Waals surface area contributed by atoms with Gasteiger partial charge in [0.1, 0.15) is 6.61 Å². The maximum atomic E-state index is 9.25. The molecule has 0 aromatic carbocycles. The minimum Gasteiger partial charge on any atom is -0.779 e. The van der Waals surface area contributed by atoms with E-state index in [0.717, 1.165) is 11.1 Å². The van der Waals surface area contributed by atoms with Crippen LogP contribution in [0.25, 0.3) is 5.41 Å². The maximum absolute atomic E-state index is 9.25. The van der Waals surface area contributed by atoms with E-state index in [4.69, 9.17) is 4.74 Å². The normalized spacial score (nSPS) is 23.0. The topological polar surface area (TPSA) is 31.5 Å². The van der Waals surface area contributed by atoms with E-state index in [1.165, 1.54) is 0 Å². The van der Waals surface area contributed by atoms with Gasteiger partial charge in [-0.05, 0) is 5.71 Å². The molecule has 2 heteroatoms. The summed E-state index contributed by atoms with van der Waals surface area (Å²) < 4.78 is 5.14. The third-order valence-electron chi connectivity index (χ3n) is 1.75. The quantitative estimate of drug-likeness (QED) is 0.455. The predicted octanol–water partition coefficient (Wildman–Crippen LogP) is 1.10. The van der Waals surface area contributed by atoms with Gasteiger partial charge in [-0.1, -0.05) is 0 Å². The third kappa shape index (κ3) is 0.693. The van der Waals surface area contributed by atoms with Crippen LogP contribution >= 0.6 is 0 Å². The molecule has 0 saturated carbocycles. The molecule has 1 aliphatic carbocycles. The highest BCUT2D eigenvalue weighted by Crippen LogP contribution is 2.22. The predicted molar refractivity (Wildman–Crippen MR) is 39.7 cm³/mol. The molecule has 0 aromatic heterocycles. The van der Waals surface area contributed by atoms with Gasteiger partial charge in [0.25, 0.3) is 0 Å². The van der Waals surface area contributed by atoms with Crippen LogP contribution in [0.2, 0.25) is 0 Å². The third-order valence-corrected chi connectivity index (χ3v) is 1.75. The molecule has 0 atom stereocenters. The summed E-state index contributed by atoms with van der Waals surface area (Å²) in [5.74, 6) is 0. The molecule has 10 heavy (non-hydrogen) atoms. The van der Waals surface area contributed by atoms with E-state index < -0.39 is 0 Å². The van der Waals surface area contributed by atoms with Crippen LogP contribution in [0.4, 0.5) is 0 Å². The number of hydrogen-bond donors (Lipinski definition) is 0. The molecular formula is C8H7NO. The average molecular weight is 133 g/mol. The fourth-order valence-corrected chi connectivity index (χ4v) is 1.19. The highest BCUT2D eigenvalue weighted by Gasteiger charge is 2.23. The second-order valence-electron chi connectivity index (χ2n) is 2.41. The summed E-state index contributed by atoms with van der Waals surface area (Å²) in [7, 11) is 0. The molecule has 0 bridgehead atoms. The van der Waals surface area contributed by atoms with Gasteiger partial charge in [0.15, 0.2) is 0 Å². The first-order valence-electron chi connectivity index (χ1n) is 3.25. The molecule has 0 amide bonds. The largest absolute Gasteiger partial charge is 0.779 e. The second-order valence-corrected chi connectivity index (χ2v) is 2.41. The summed E-state index contributed by atoms with van der Waals surface area (Å²) >= 11 is 0. The van der Waals surface area contributed by atoms with Gasteiger partial charge in [-0.2, -0.15) is 0 Å². The second kappa shape index (κ2) is 1.99. The Morgan fingerprint density at radius 1 is 1.50 bits per heavy atom. The van der Waals surface area contributed by atoms with Gasteiger partial charge < -0.3 is 10.1 Å². The lowest BCUT2D eigenvalue weighted by Crippen LogP contribution is -2.04. The lowest BCUT2D eigenvalue weighted by atomic mass is 9.98. The molecule has 2 nitrogen and oxygen atoms in total. The van der Waals surface area contributed by atoms with Crippen molar-refractivity contribution in [3.8, 4) is 0 Å². The van der Waals surface area contributed by atoms with Crippen molar-refractivity contribution in [2.24, 2.45) is 0 Å². The number of nitrogens with zero attached hydrogens (tertiary/aromatic N) is 1. The highest BCUT2D eigenvalue weighted by atomic mass is 16.5. The van der Waals surface area contributed by atoms with Crippen LogP contribution in [0.5, 0.6) is 0 Å². The van der Waals surface area contributed by atoms with Gasteiger partial charge in [-0.25, -0.2) is 0 Å². The monoisotopic (exact) mass is 133 g/mol. The molecule has 0 aromatic rings. The van der Waals surface area contributed by atoms with E-state index >= 15 is 0 Å². The van der Waals surface area contributed by atoms with Gasteiger partial charge >= 0.3 is 0 Å². The lowest BCUT2D eigenvalue weighted by Gasteiger charge is -2.04. The van der Waals surface area contributed by atoms with Crippen molar-refractivity contribution in [3.05, 3.63) is 35.1 Å². The van der Waals surface area contributed by atoms with Gasteiger partial charge in [-0.3, -0.25) is 0 Å². The molecule has 0 N–H and O–H groups in total. The zero-order valence-corrected chi connectivity index (χ0v) is 5.50. The molecule has 0 fully saturated rings. The Balaban J connectivity index is 2.35. The van der Waals surface area contributed by atoms with E-state index in [9.17, 15) is 5.41 Å². The molecule has 1 aliphatic heterocycles. The fraction of sp³-hybridized carbons (Fsp3) is 0.250. The maximum Gasteiger partial charge on any atom is 0.116 e. The van der Waals surface area contributed by atoms with E-state index in [2.05, 4.69) is 0 Å². The van der Waals surface area contributed by atoms with Crippen molar-refractivity contribution in [2.75, 3.05) is 13.2 Å². The van der Waals surface area contributed by atoms with Gasteiger partial charge in [0.05, 0.1) is 17.8 Å². The first-order chi connectivity index (χ1) is 4.88. The molecule has 2 rings (SSSR count). The zero-order chi connectivity index (χ0) is 6.97. The minimum atomic E-state index is 0.356. The number of hydrogen-bond acceptors (Lipinski definition) is 1. The van der Waals surface area contributed by atoms with Crippen LogP contribution in [0, 0.1) is 6.42 Å². The summed E-state index contributed by atoms with van der Waals surface area (Å²) in [5, 5.41) is 9.25. The number of ether oxygens (including phenoxy) is 1. The van der Waals surface area contributed by atoms with Crippen LogP contribution in [-0.4, -0.2) is 18.9 Å². The van der Waals surface area contributed by atoms with Crippen molar-refractivity contribution < 1.29 is 4.74 Å². The van der Waals surface area contributed by atoms with Crippen LogP contribution in [0.15, 0.2) is 23.3 Å². The molecule has 0 radical (unpaired) electrons. The SMILES string of the molecule is [N-]=C1C=C[CH+]C2=C1COC2. The van der Waals surface area contributed by atoms with Crippen LogP contribution in [0.3, 0.4) is 0 Å². The fourth-order valence-electron chi connectivity index (χ4n) is 1.19. The summed E-state index contributed by atoms with van der Waals surface area (Å²) in [6, 6.07) is 0. The molecular weight excluding hydrogens is 126 g/mol.